The van der Waals surface area contributed by atoms with Crippen molar-refractivity contribution in [2.24, 2.45) is 0 Å². The molecule has 3 heteroatoms. The van der Waals surface area contributed by atoms with Crippen LogP contribution >= 0.6 is 0 Å². The van der Waals surface area contributed by atoms with Crippen molar-refractivity contribution < 1.29 is 9.53 Å². The van der Waals surface area contributed by atoms with E-state index in [4.69, 9.17) is 4.74 Å². The minimum Gasteiger partial charge on any atom is -0.497 e. The summed E-state index contributed by atoms with van der Waals surface area (Å²) >= 11 is 0. The highest BCUT2D eigenvalue weighted by Gasteiger charge is 2.05. The molecule has 0 bridgehead atoms. The van der Waals surface area contributed by atoms with E-state index in [1.807, 2.05) is 42.5 Å². The Morgan fingerprint density at radius 3 is 2.60 bits per heavy atom. The largest absolute Gasteiger partial charge is 0.497 e. The van der Waals surface area contributed by atoms with Gasteiger partial charge in [0.05, 0.1) is 13.5 Å². The van der Waals surface area contributed by atoms with Crippen molar-refractivity contribution in [2.75, 3.05) is 12.4 Å². The third kappa shape index (κ3) is 3.85. The lowest BCUT2D eigenvalue weighted by Gasteiger charge is -2.07. The minimum atomic E-state index is -0.0218. The van der Waals surface area contributed by atoms with Gasteiger partial charge in [0.2, 0.25) is 5.91 Å². The molecule has 104 valence electrons. The van der Waals surface area contributed by atoms with Crippen LogP contribution in [0.15, 0.2) is 48.5 Å². The smallest absolute Gasteiger partial charge is 0.228 e. The molecule has 0 saturated carbocycles. The predicted molar refractivity (Wildman–Crippen MR) is 81.1 cm³/mol. The number of hydrogen-bond acceptors (Lipinski definition) is 2. The van der Waals surface area contributed by atoms with Crippen LogP contribution in [0.3, 0.4) is 0 Å². The molecule has 2 aromatic carbocycles. The molecule has 0 spiro atoms. The van der Waals surface area contributed by atoms with Gasteiger partial charge in [-0.3, -0.25) is 4.79 Å². The van der Waals surface area contributed by atoms with Crippen molar-refractivity contribution >= 4 is 11.6 Å². The number of amides is 1. The summed E-state index contributed by atoms with van der Waals surface area (Å²) < 4.78 is 5.15. The zero-order valence-electron chi connectivity index (χ0n) is 11.8. The van der Waals surface area contributed by atoms with Gasteiger partial charge in [0, 0.05) is 5.69 Å². The van der Waals surface area contributed by atoms with E-state index >= 15 is 0 Å². The molecule has 3 nitrogen and oxygen atoms in total. The number of hydrogen-bond donors (Lipinski definition) is 1. The van der Waals surface area contributed by atoms with E-state index in [1.54, 1.807) is 7.11 Å². The van der Waals surface area contributed by atoms with Crippen molar-refractivity contribution in [3.8, 4) is 5.75 Å². The molecule has 2 aromatic rings. The highest BCUT2D eigenvalue weighted by Crippen LogP contribution is 2.15. The molecule has 0 aliphatic rings. The molecule has 0 unspecified atom stereocenters. The van der Waals surface area contributed by atoms with E-state index in [2.05, 4.69) is 18.3 Å². The number of anilines is 1. The number of carbonyl (C=O) groups is 1. The second kappa shape index (κ2) is 6.75. The van der Waals surface area contributed by atoms with Gasteiger partial charge in [-0.1, -0.05) is 31.2 Å². The van der Waals surface area contributed by atoms with Crippen LogP contribution in [-0.4, -0.2) is 13.0 Å². The fourth-order valence-corrected chi connectivity index (χ4v) is 2.04. The normalized spacial score (nSPS) is 10.1. The summed E-state index contributed by atoms with van der Waals surface area (Å²) in [5, 5.41) is 2.92. The number of ether oxygens (including phenoxy) is 1. The molecule has 0 radical (unpaired) electrons. The second-order valence-corrected chi connectivity index (χ2v) is 4.63. The Balaban J connectivity index is 2.01. The lowest BCUT2D eigenvalue weighted by atomic mass is 10.1. The Bertz CT molecular complexity index is 542. The quantitative estimate of drug-likeness (QED) is 0.903. The van der Waals surface area contributed by atoms with Gasteiger partial charge in [0.15, 0.2) is 0 Å². The second-order valence-electron chi connectivity index (χ2n) is 4.63. The van der Waals surface area contributed by atoms with E-state index in [0.717, 1.165) is 23.4 Å². The molecule has 0 atom stereocenters. The maximum Gasteiger partial charge on any atom is 0.228 e. The zero-order chi connectivity index (χ0) is 14.4. The number of carbonyl (C=O) groups excluding carboxylic acids is 1. The van der Waals surface area contributed by atoms with Crippen LogP contribution in [0.4, 0.5) is 5.69 Å². The van der Waals surface area contributed by atoms with Crippen LogP contribution in [-0.2, 0) is 17.6 Å². The molecule has 1 amide bonds. The average Bonchev–Trinajstić information content (AvgIpc) is 2.47. The van der Waals surface area contributed by atoms with Crippen LogP contribution in [0, 0.1) is 0 Å². The SMILES string of the molecule is CCc1cccc(NC(=O)Cc2cccc(OC)c2)c1. The van der Waals surface area contributed by atoms with Crippen molar-refractivity contribution in [1.82, 2.24) is 0 Å². The monoisotopic (exact) mass is 269 g/mol. The fraction of sp³-hybridized carbons (Fsp3) is 0.235. The first-order chi connectivity index (χ1) is 9.71. The summed E-state index contributed by atoms with van der Waals surface area (Å²) in [6.07, 6.45) is 1.30. The molecule has 2 rings (SSSR count). The van der Waals surface area contributed by atoms with Gasteiger partial charge in [-0.2, -0.15) is 0 Å². The summed E-state index contributed by atoms with van der Waals surface area (Å²) in [5.41, 5.74) is 3.00. The standard InChI is InChI=1S/C17H19NO2/c1-3-13-6-4-8-15(10-13)18-17(19)12-14-7-5-9-16(11-14)20-2/h4-11H,3,12H2,1-2H3,(H,18,19). The number of nitrogens with one attached hydrogen (secondary N) is 1. The fourth-order valence-electron chi connectivity index (χ4n) is 2.04. The van der Waals surface area contributed by atoms with Gasteiger partial charge in [-0.25, -0.2) is 0 Å². The minimum absolute atomic E-state index is 0.0218. The van der Waals surface area contributed by atoms with Crippen molar-refractivity contribution in [3.63, 3.8) is 0 Å². The Labute approximate surface area is 119 Å². The predicted octanol–water partition coefficient (Wildman–Crippen LogP) is 3.44. The van der Waals surface area contributed by atoms with Crippen molar-refractivity contribution in [1.29, 1.82) is 0 Å². The van der Waals surface area contributed by atoms with E-state index < -0.39 is 0 Å². The van der Waals surface area contributed by atoms with Crippen molar-refractivity contribution in [2.45, 2.75) is 19.8 Å². The lowest BCUT2D eigenvalue weighted by molar-refractivity contribution is -0.115. The molecule has 0 aliphatic carbocycles. The Kier molecular flexibility index (Phi) is 4.77. The Hall–Kier alpha value is -2.29. The van der Waals surface area contributed by atoms with Crippen LogP contribution in [0.25, 0.3) is 0 Å². The van der Waals surface area contributed by atoms with Gasteiger partial charge in [0.25, 0.3) is 0 Å². The summed E-state index contributed by atoms with van der Waals surface area (Å²) in [7, 11) is 1.62. The first-order valence-electron chi connectivity index (χ1n) is 6.73. The molecule has 0 heterocycles. The molecular formula is C17H19NO2. The highest BCUT2D eigenvalue weighted by atomic mass is 16.5. The van der Waals surface area contributed by atoms with E-state index in [-0.39, 0.29) is 5.91 Å². The van der Waals surface area contributed by atoms with Gasteiger partial charge in [0.1, 0.15) is 5.75 Å². The Morgan fingerprint density at radius 2 is 1.85 bits per heavy atom. The molecule has 20 heavy (non-hydrogen) atoms. The molecule has 0 aliphatic heterocycles. The summed E-state index contributed by atoms with van der Waals surface area (Å²) in [5.74, 6) is 0.745. The summed E-state index contributed by atoms with van der Waals surface area (Å²) in [4.78, 5) is 12.0. The Morgan fingerprint density at radius 1 is 1.10 bits per heavy atom. The first kappa shape index (κ1) is 14.1. The van der Waals surface area contributed by atoms with Crippen molar-refractivity contribution in [3.05, 3.63) is 59.7 Å². The van der Waals surface area contributed by atoms with E-state index in [9.17, 15) is 4.79 Å². The zero-order valence-corrected chi connectivity index (χ0v) is 11.8. The molecular weight excluding hydrogens is 250 g/mol. The van der Waals surface area contributed by atoms with Gasteiger partial charge in [-0.15, -0.1) is 0 Å². The maximum atomic E-state index is 12.0. The highest BCUT2D eigenvalue weighted by molar-refractivity contribution is 5.92. The van der Waals surface area contributed by atoms with Gasteiger partial charge in [-0.05, 0) is 41.8 Å². The number of methoxy groups -OCH3 is 1. The summed E-state index contributed by atoms with van der Waals surface area (Å²) in [6.45, 7) is 2.09. The summed E-state index contributed by atoms with van der Waals surface area (Å²) in [6, 6.07) is 15.5. The number of benzene rings is 2. The van der Waals surface area contributed by atoms with E-state index in [1.165, 1.54) is 5.56 Å². The third-order valence-electron chi connectivity index (χ3n) is 3.12. The average molecular weight is 269 g/mol. The van der Waals surface area contributed by atoms with Crippen LogP contribution in [0.1, 0.15) is 18.1 Å². The van der Waals surface area contributed by atoms with Crippen LogP contribution in [0.2, 0.25) is 0 Å². The maximum absolute atomic E-state index is 12.0. The van der Waals surface area contributed by atoms with Gasteiger partial charge < -0.3 is 10.1 Å². The van der Waals surface area contributed by atoms with Crippen LogP contribution < -0.4 is 10.1 Å². The molecule has 0 aromatic heterocycles. The lowest BCUT2D eigenvalue weighted by Crippen LogP contribution is -2.14. The van der Waals surface area contributed by atoms with Crippen LogP contribution in [0.5, 0.6) is 5.75 Å². The third-order valence-corrected chi connectivity index (χ3v) is 3.12. The number of aryl methyl sites for hydroxylation is 1. The molecule has 0 fully saturated rings. The van der Waals surface area contributed by atoms with Gasteiger partial charge >= 0.3 is 0 Å². The molecule has 0 saturated heterocycles. The topological polar surface area (TPSA) is 38.3 Å². The first-order valence-corrected chi connectivity index (χ1v) is 6.73. The number of rotatable bonds is 5. The van der Waals surface area contributed by atoms with E-state index in [0.29, 0.717) is 6.42 Å². The molecule has 1 N–H and O–H groups in total.